The molecule has 1 aromatic rings. The van der Waals surface area contributed by atoms with Crippen LogP contribution >= 0.6 is 0 Å². The molecule has 0 aliphatic heterocycles. The van der Waals surface area contributed by atoms with Crippen molar-refractivity contribution < 1.29 is 23.1 Å². The number of nitrogens with one attached hydrogen (secondary N) is 1. The highest BCUT2D eigenvalue weighted by molar-refractivity contribution is 5.73. The van der Waals surface area contributed by atoms with Crippen molar-refractivity contribution in [3.05, 3.63) is 18.0 Å². The Morgan fingerprint density at radius 1 is 1.61 bits per heavy atom. The highest BCUT2D eigenvalue weighted by atomic mass is 19.4. The Hall–Kier alpha value is -1.57. The van der Waals surface area contributed by atoms with Gasteiger partial charge in [-0.1, -0.05) is 0 Å². The minimum absolute atomic E-state index is 0.123. The highest BCUT2D eigenvalue weighted by Crippen LogP contribution is 2.27. The molecule has 0 radical (unpaired) electrons. The Morgan fingerprint density at radius 2 is 2.28 bits per heavy atom. The number of alkyl halides is 3. The largest absolute Gasteiger partial charge is 0.480 e. The molecule has 1 atom stereocenters. The highest BCUT2D eigenvalue weighted by Gasteiger charge is 2.34. The molecule has 18 heavy (non-hydrogen) atoms. The monoisotopic (exact) mass is 263 g/mol. The molecule has 5 nitrogen and oxygen atoms in total. The number of hydrogen-bond acceptors (Lipinski definition) is 3. The molecule has 0 aromatic carbocycles. The molecule has 8 heteroatoms. The minimum Gasteiger partial charge on any atom is -0.480 e. The first-order chi connectivity index (χ1) is 8.36. The van der Waals surface area contributed by atoms with E-state index < -0.39 is 23.9 Å². The number of aliphatic carboxylic acids is 1. The van der Waals surface area contributed by atoms with Crippen molar-refractivity contribution in [1.82, 2.24) is 15.1 Å². The molecule has 100 valence electrons. The summed E-state index contributed by atoms with van der Waals surface area (Å²) in [5.41, 5.74) is -1.02. The van der Waals surface area contributed by atoms with Gasteiger partial charge in [0.15, 0.2) is 5.69 Å². The van der Waals surface area contributed by atoms with Crippen LogP contribution in [0.4, 0.5) is 13.2 Å². The smallest absolute Gasteiger partial charge is 0.435 e. The van der Waals surface area contributed by atoms with Crippen LogP contribution in [0.1, 0.15) is 18.5 Å². The normalized spacial score (nSPS) is 17.7. The van der Waals surface area contributed by atoms with Gasteiger partial charge in [0.2, 0.25) is 0 Å². The summed E-state index contributed by atoms with van der Waals surface area (Å²) in [4.78, 5) is 10.9. The summed E-state index contributed by atoms with van der Waals surface area (Å²) in [6.45, 7) is -0.123. The average molecular weight is 263 g/mol. The Bertz CT molecular complexity index is 440. The van der Waals surface area contributed by atoms with E-state index in [1.54, 1.807) is 0 Å². The predicted molar refractivity (Wildman–Crippen MR) is 54.8 cm³/mol. The van der Waals surface area contributed by atoms with E-state index in [-0.39, 0.29) is 12.6 Å². The van der Waals surface area contributed by atoms with E-state index in [1.807, 2.05) is 0 Å². The van der Waals surface area contributed by atoms with Gasteiger partial charge in [-0.05, 0) is 18.9 Å². The first kappa shape index (κ1) is 12.9. The fraction of sp³-hybridized carbons (Fsp3) is 0.600. The number of hydrogen-bond donors (Lipinski definition) is 2. The molecular weight excluding hydrogens is 251 g/mol. The predicted octanol–water partition coefficient (Wildman–Crippen LogP) is 1.11. The van der Waals surface area contributed by atoms with Crippen molar-refractivity contribution in [2.45, 2.75) is 37.6 Å². The van der Waals surface area contributed by atoms with Gasteiger partial charge in [0.05, 0.1) is 6.54 Å². The van der Waals surface area contributed by atoms with Gasteiger partial charge < -0.3 is 10.4 Å². The molecule has 0 amide bonds. The van der Waals surface area contributed by atoms with Crippen molar-refractivity contribution >= 4 is 5.97 Å². The maximum Gasteiger partial charge on any atom is 0.435 e. The van der Waals surface area contributed by atoms with Crippen LogP contribution in [0, 0.1) is 0 Å². The molecule has 1 aliphatic carbocycles. The van der Waals surface area contributed by atoms with Gasteiger partial charge in [0.1, 0.15) is 6.04 Å². The van der Waals surface area contributed by atoms with Crippen LogP contribution in [0.25, 0.3) is 0 Å². The van der Waals surface area contributed by atoms with Crippen LogP contribution in [-0.4, -0.2) is 32.9 Å². The van der Waals surface area contributed by atoms with Gasteiger partial charge in [0, 0.05) is 12.2 Å². The second kappa shape index (κ2) is 4.60. The molecule has 0 spiro atoms. The molecule has 1 aliphatic rings. The molecule has 1 fully saturated rings. The van der Waals surface area contributed by atoms with E-state index in [1.165, 1.54) is 0 Å². The molecule has 1 aromatic heterocycles. The number of carbonyl (C=O) groups is 1. The quantitative estimate of drug-likeness (QED) is 0.835. The standard InChI is InChI=1S/C10H12F3N3O2/c11-10(12,13)8-3-4-16(15-8)5-7(9(17)18)14-6-1-2-6/h3-4,6-7,14H,1-2,5H2,(H,17,18). The lowest BCUT2D eigenvalue weighted by molar-refractivity contribution is -0.141. The van der Waals surface area contributed by atoms with Gasteiger partial charge >= 0.3 is 12.1 Å². The number of carboxylic acid groups (broad SMARTS) is 1. The van der Waals surface area contributed by atoms with Crippen molar-refractivity contribution in [1.29, 1.82) is 0 Å². The van der Waals surface area contributed by atoms with Crippen LogP contribution in [0.15, 0.2) is 12.3 Å². The third-order valence-corrected chi connectivity index (χ3v) is 2.61. The molecular formula is C10H12F3N3O2. The third-order valence-electron chi connectivity index (χ3n) is 2.61. The van der Waals surface area contributed by atoms with E-state index in [2.05, 4.69) is 10.4 Å². The van der Waals surface area contributed by atoms with Crippen LogP contribution in [0.3, 0.4) is 0 Å². The summed E-state index contributed by atoms with van der Waals surface area (Å²) in [7, 11) is 0. The molecule has 1 saturated carbocycles. The van der Waals surface area contributed by atoms with Crippen molar-refractivity contribution in [2.24, 2.45) is 0 Å². The number of aromatic nitrogens is 2. The molecule has 1 unspecified atom stereocenters. The fourth-order valence-electron chi connectivity index (χ4n) is 1.54. The maximum absolute atomic E-state index is 12.3. The van der Waals surface area contributed by atoms with Crippen molar-refractivity contribution in [3.8, 4) is 0 Å². The molecule has 0 saturated heterocycles. The second-order valence-electron chi connectivity index (χ2n) is 4.25. The summed E-state index contributed by atoms with van der Waals surface area (Å²) < 4.78 is 37.9. The number of rotatable bonds is 5. The van der Waals surface area contributed by atoms with Crippen molar-refractivity contribution in [3.63, 3.8) is 0 Å². The second-order valence-corrected chi connectivity index (χ2v) is 4.25. The van der Waals surface area contributed by atoms with E-state index in [0.29, 0.717) is 0 Å². The lowest BCUT2D eigenvalue weighted by Crippen LogP contribution is -2.41. The third kappa shape index (κ3) is 3.22. The van der Waals surface area contributed by atoms with Gasteiger partial charge in [-0.3, -0.25) is 9.48 Å². The van der Waals surface area contributed by atoms with Crippen LogP contribution < -0.4 is 5.32 Å². The van der Waals surface area contributed by atoms with Crippen molar-refractivity contribution in [2.75, 3.05) is 0 Å². The first-order valence-corrected chi connectivity index (χ1v) is 5.46. The van der Waals surface area contributed by atoms with E-state index in [4.69, 9.17) is 5.11 Å². The SMILES string of the molecule is O=C(O)C(Cn1ccc(C(F)(F)F)n1)NC1CC1. The zero-order valence-electron chi connectivity index (χ0n) is 9.31. The Morgan fingerprint density at radius 3 is 2.72 bits per heavy atom. The maximum atomic E-state index is 12.3. The molecule has 2 N–H and O–H groups in total. The summed E-state index contributed by atoms with van der Waals surface area (Å²) in [5.74, 6) is -1.09. The average Bonchev–Trinajstić information content (AvgIpc) is 2.91. The van der Waals surface area contributed by atoms with Gasteiger partial charge in [-0.15, -0.1) is 0 Å². The number of halogens is 3. The summed E-state index contributed by atoms with van der Waals surface area (Å²) >= 11 is 0. The van der Waals surface area contributed by atoms with Gasteiger partial charge in [-0.2, -0.15) is 18.3 Å². The first-order valence-electron chi connectivity index (χ1n) is 5.46. The molecule has 2 rings (SSSR count). The Labute approximate surface area is 101 Å². The zero-order chi connectivity index (χ0) is 13.3. The molecule has 1 heterocycles. The number of nitrogens with zero attached hydrogens (tertiary/aromatic N) is 2. The topological polar surface area (TPSA) is 67.1 Å². The molecule has 0 bridgehead atoms. The van der Waals surface area contributed by atoms with Gasteiger partial charge in [0.25, 0.3) is 0 Å². The van der Waals surface area contributed by atoms with Crippen LogP contribution in [0.5, 0.6) is 0 Å². The van der Waals surface area contributed by atoms with Crippen LogP contribution in [0.2, 0.25) is 0 Å². The van der Waals surface area contributed by atoms with E-state index >= 15 is 0 Å². The van der Waals surface area contributed by atoms with Crippen LogP contribution in [-0.2, 0) is 17.5 Å². The van der Waals surface area contributed by atoms with E-state index in [0.717, 1.165) is 29.8 Å². The Kier molecular flexibility index (Phi) is 3.29. The lowest BCUT2D eigenvalue weighted by Gasteiger charge is -2.13. The summed E-state index contributed by atoms with van der Waals surface area (Å²) in [5, 5.41) is 15.1. The summed E-state index contributed by atoms with van der Waals surface area (Å²) in [6, 6.07) is 0.0676. The number of carboxylic acids is 1. The minimum atomic E-state index is -4.51. The summed E-state index contributed by atoms with van der Waals surface area (Å²) in [6.07, 6.45) is -1.57. The fourth-order valence-corrected chi connectivity index (χ4v) is 1.54. The zero-order valence-corrected chi connectivity index (χ0v) is 9.31. The van der Waals surface area contributed by atoms with E-state index in [9.17, 15) is 18.0 Å². The van der Waals surface area contributed by atoms with Gasteiger partial charge in [-0.25, -0.2) is 0 Å². The lowest BCUT2D eigenvalue weighted by atomic mass is 10.3. The Balaban J connectivity index is 2.01.